The summed E-state index contributed by atoms with van der Waals surface area (Å²) in [6.07, 6.45) is 4.91. The second-order valence-electron chi connectivity index (χ2n) is 5.87. The molecule has 3 aromatic rings. The molecule has 0 aliphatic carbocycles. The van der Waals surface area contributed by atoms with Gasteiger partial charge in [-0.15, -0.1) is 0 Å². The van der Waals surface area contributed by atoms with E-state index >= 15 is 0 Å². The van der Waals surface area contributed by atoms with Crippen molar-refractivity contribution < 1.29 is 13.5 Å². The first-order chi connectivity index (χ1) is 12.6. The molecule has 0 fully saturated rings. The van der Waals surface area contributed by atoms with Gasteiger partial charge in [-0.3, -0.25) is 0 Å². The average molecular weight is 417 g/mol. The Kier molecular flexibility index (Phi) is 6.08. The van der Waals surface area contributed by atoms with E-state index in [1.165, 1.54) is 14.9 Å². The summed E-state index contributed by atoms with van der Waals surface area (Å²) in [5.74, 6) is -1.83. The van der Waals surface area contributed by atoms with Crippen molar-refractivity contribution in [1.29, 1.82) is 0 Å². The first-order valence-electron chi connectivity index (χ1n) is 8.58. The molecule has 2 aromatic carbocycles. The molecular formula is C22H20F2OSe. The topological polar surface area (TPSA) is 9.23 Å². The van der Waals surface area contributed by atoms with Crippen molar-refractivity contribution in [2.45, 2.75) is 20.3 Å². The summed E-state index contributed by atoms with van der Waals surface area (Å²) in [7, 11) is 0. The van der Waals surface area contributed by atoms with Gasteiger partial charge in [0.2, 0.25) is 0 Å². The fourth-order valence-corrected chi connectivity index (χ4v) is 4.72. The van der Waals surface area contributed by atoms with Crippen LogP contribution in [-0.4, -0.2) is 21.1 Å². The first-order valence-corrected chi connectivity index (χ1v) is 10.3. The van der Waals surface area contributed by atoms with Crippen LogP contribution in [0.2, 0.25) is 0 Å². The summed E-state index contributed by atoms with van der Waals surface area (Å²) >= 11 is 0.281. The fraction of sp³-hybridized carbons (Fsp3) is 0.182. The maximum atomic E-state index is 14.4. The van der Waals surface area contributed by atoms with Crippen LogP contribution in [0.15, 0.2) is 54.6 Å². The van der Waals surface area contributed by atoms with Crippen LogP contribution < -0.4 is 4.74 Å². The molecule has 0 aliphatic rings. The Morgan fingerprint density at radius 2 is 1.65 bits per heavy atom. The Morgan fingerprint density at radius 3 is 2.35 bits per heavy atom. The van der Waals surface area contributed by atoms with Crippen molar-refractivity contribution >= 4 is 20.6 Å². The molecule has 1 heterocycles. The summed E-state index contributed by atoms with van der Waals surface area (Å²) < 4.78 is 36.5. The van der Waals surface area contributed by atoms with Gasteiger partial charge < -0.3 is 0 Å². The normalized spacial score (nSPS) is 11.2. The summed E-state index contributed by atoms with van der Waals surface area (Å²) in [6.45, 7) is 4.29. The van der Waals surface area contributed by atoms with Crippen LogP contribution >= 0.6 is 0 Å². The Bertz CT molecular complexity index is 910. The molecular weight excluding hydrogens is 397 g/mol. The number of halogens is 2. The van der Waals surface area contributed by atoms with E-state index in [1.54, 1.807) is 6.07 Å². The third-order valence-electron chi connectivity index (χ3n) is 3.95. The number of benzene rings is 2. The zero-order valence-corrected chi connectivity index (χ0v) is 16.5. The molecule has 26 heavy (non-hydrogen) atoms. The molecule has 1 nitrogen and oxygen atoms in total. The van der Waals surface area contributed by atoms with Gasteiger partial charge in [-0.1, -0.05) is 6.92 Å². The summed E-state index contributed by atoms with van der Waals surface area (Å²) in [6, 6.07) is 14.9. The average Bonchev–Trinajstić information content (AvgIpc) is 3.12. The van der Waals surface area contributed by atoms with E-state index in [0.717, 1.165) is 12.0 Å². The summed E-state index contributed by atoms with van der Waals surface area (Å²) in [5.41, 5.74) is 2.02. The van der Waals surface area contributed by atoms with Crippen molar-refractivity contribution in [3.8, 4) is 26.9 Å². The van der Waals surface area contributed by atoms with Gasteiger partial charge in [0, 0.05) is 0 Å². The van der Waals surface area contributed by atoms with Crippen LogP contribution in [0.25, 0.3) is 27.2 Å². The summed E-state index contributed by atoms with van der Waals surface area (Å²) in [5, 5.41) is 0. The standard InChI is InChI=1S/C22H20F2OSe/c1-3-5-17-10-13-20(26-17)16-8-6-15(7-9-16)18-11-12-19(25-14-4-2)22(24)21(18)23/h3,5-13H,4,14H2,1-2H3. The van der Waals surface area contributed by atoms with Gasteiger partial charge in [0.25, 0.3) is 0 Å². The third-order valence-corrected chi connectivity index (χ3v) is 6.25. The molecule has 0 aliphatic heterocycles. The third kappa shape index (κ3) is 3.98. The first kappa shape index (κ1) is 18.6. The van der Waals surface area contributed by atoms with E-state index in [0.29, 0.717) is 12.2 Å². The van der Waals surface area contributed by atoms with Gasteiger partial charge in [0.1, 0.15) is 0 Å². The van der Waals surface area contributed by atoms with Crippen molar-refractivity contribution in [1.82, 2.24) is 0 Å². The maximum absolute atomic E-state index is 14.4. The van der Waals surface area contributed by atoms with Gasteiger partial charge in [0.05, 0.1) is 0 Å². The number of hydrogen-bond acceptors (Lipinski definition) is 1. The van der Waals surface area contributed by atoms with Crippen LogP contribution in [-0.2, 0) is 0 Å². The van der Waals surface area contributed by atoms with Gasteiger partial charge >= 0.3 is 152 Å². The summed E-state index contributed by atoms with van der Waals surface area (Å²) in [4.78, 5) is 0. The van der Waals surface area contributed by atoms with Crippen molar-refractivity contribution in [3.05, 3.63) is 70.7 Å². The fourth-order valence-electron chi connectivity index (χ4n) is 2.65. The Balaban J connectivity index is 1.87. The van der Waals surface area contributed by atoms with Crippen LogP contribution in [0, 0.1) is 11.6 Å². The van der Waals surface area contributed by atoms with Gasteiger partial charge in [-0.25, -0.2) is 0 Å². The van der Waals surface area contributed by atoms with Gasteiger partial charge in [-0.05, 0) is 0 Å². The van der Waals surface area contributed by atoms with Crippen LogP contribution in [0.4, 0.5) is 8.78 Å². The number of allylic oxidation sites excluding steroid dienone is 1. The molecule has 0 spiro atoms. The van der Waals surface area contributed by atoms with Crippen LogP contribution in [0.1, 0.15) is 24.7 Å². The Labute approximate surface area is 158 Å². The molecule has 0 atom stereocenters. The van der Waals surface area contributed by atoms with Crippen molar-refractivity contribution in [3.63, 3.8) is 0 Å². The van der Waals surface area contributed by atoms with Gasteiger partial charge in [-0.2, -0.15) is 0 Å². The zero-order chi connectivity index (χ0) is 18.5. The van der Waals surface area contributed by atoms with E-state index in [2.05, 4.69) is 18.2 Å². The molecule has 0 N–H and O–H groups in total. The predicted octanol–water partition coefficient (Wildman–Crippen LogP) is 6.18. The zero-order valence-electron chi connectivity index (χ0n) is 14.8. The molecule has 0 saturated carbocycles. The molecule has 4 heteroatoms. The molecule has 0 saturated heterocycles. The van der Waals surface area contributed by atoms with Crippen molar-refractivity contribution in [2.24, 2.45) is 0 Å². The molecule has 0 unspecified atom stereocenters. The second-order valence-corrected chi connectivity index (χ2v) is 8.21. The molecule has 3 rings (SSSR count). The molecule has 0 bridgehead atoms. The van der Waals surface area contributed by atoms with Gasteiger partial charge in [0.15, 0.2) is 0 Å². The van der Waals surface area contributed by atoms with E-state index in [1.807, 2.05) is 44.2 Å². The predicted molar refractivity (Wildman–Crippen MR) is 105 cm³/mol. The number of ether oxygens (including phenoxy) is 1. The van der Waals surface area contributed by atoms with E-state index in [4.69, 9.17) is 4.74 Å². The van der Waals surface area contributed by atoms with Crippen LogP contribution in [0.5, 0.6) is 5.75 Å². The monoisotopic (exact) mass is 418 g/mol. The van der Waals surface area contributed by atoms with E-state index < -0.39 is 11.6 Å². The molecule has 0 amide bonds. The Morgan fingerprint density at radius 1 is 0.923 bits per heavy atom. The van der Waals surface area contributed by atoms with Crippen molar-refractivity contribution in [2.75, 3.05) is 6.61 Å². The SMILES string of the molecule is CC=Cc1ccc(-c2ccc(-c3ccc(OCCC)c(F)c3F)cc2)[se]1. The number of hydrogen-bond donors (Lipinski definition) is 0. The minimum atomic E-state index is -0.929. The quantitative estimate of drug-likeness (QED) is 0.436. The minimum absolute atomic E-state index is 0.0360. The number of rotatable bonds is 6. The van der Waals surface area contributed by atoms with Crippen LogP contribution in [0.3, 0.4) is 0 Å². The Hall–Kier alpha value is -2.16. The second kappa shape index (κ2) is 8.48. The molecule has 0 radical (unpaired) electrons. The molecule has 1 aromatic heterocycles. The van der Waals surface area contributed by atoms with E-state index in [-0.39, 0.29) is 25.8 Å². The molecule has 134 valence electrons. The van der Waals surface area contributed by atoms with E-state index in [9.17, 15) is 8.78 Å².